The molecule has 27 heavy (non-hydrogen) atoms. The number of nitroso groups, excluding NO2 is 1. The number of aromatic amines is 1. The molecule has 8 nitrogen and oxygen atoms in total. The smallest absolute Gasteiger partial charge is 0.333 e. The third-order valence-electron chi connectivity index (χ3n) is 3.95. The predicted molar refractivity (Wildman–Crippen MR) is 98.1 cm³/mol. The lowest BCUT2D eigenvalue weighted by molar-refractivity contribution is -0.131. The van der Waals surface area contributed by atoms with Crippen molar-refractivity contribution in [3.8, 4) is 17.3 Å². The third-order valence-corrected chi connectivity index (χ3v) is 3.95. The molecule has 138 valence electrons. The topological polar surface area (TPSA) is 114 Å². The number of carbonyl (C=O) groups is 1. The normalized spacial score (nSPS) is 10.6. The highest BCUT2D eigenvalue weighted by atomic mass is 16.5. The van der Waals surface area contributed by atoms with E-state index >= 15 is 0 Å². The van der Waals surface area contributed by atoms with Gasteiger partial charge in [0.05, 0.1) is 11.4 Å². The quantitative estimate of drug-likeness (QED) is 0.395. The van der Waals surface area contributed by atoms with Crippen LogP contribution in [-0.4, -0.2) is 20.6 Å². The van der Waals surface area contributed by atoms with Gasteiger partial charge in [-0.3, -0.25) is 4.79 Å². The number of hydrogen-bond acceptors (Lipinski definition) is 6. The van der Waals surface area contributed by atoms with E-state index in [9.17, 15) is 19.6 Å². The van der Waals surface area contributed by atoms with E-state index in [4.69, 9.17) is 4.74 Å². The number of rotatable bonds is 6. The number of hydrogen-bond donors (Lipinski definition) is 2. The first-order valence-corrected chi connectivity index (χ1v) is 8.16. The summed E-state index contributed by atoms with van der Waals surface area (Å²) >= 11 is 0. The van der Waals surface area contributed by atoms with Gasteiger partial charge in [-0.2, -0.15) is 4.91 Å². The maximum absolute atomic E-state index is 12.3. The zero-order chi connectivity index (χ0) is 19.4. The molecule has 0 aliphatic heterocycles. The predicted octanol–water partition coefficient (Wildman–Crippen LogP) is 2.65. The van der Waals surface area contributed by atoms with E-state index in [1.54, 1.807) is 48.5 Å². The standard InChI is InChI=1S/C19H17N3O5/c1-12(23)27-16-8-4-13(5-9-16)10-17-18(24)22(19(25)21-17)15-6-2-14(3-7-15)11-20-26/h2-9,24H,10-11H2,1H3,(H,21,25). The Labute approximate surface area is 154 Å². The molecule has 0 saturated carbocycles. The number of nitrogens with one attached hydrogen (secondary N) is 1. The molecule has 2 aromatic carbocycles. The van der Waals surface area contributed by atoms with Crippen molar-refractivity contribution < 1.29 is 14.6 Å². The molecule has 1 heterocycles. The van der Waals surface area contributed by atoms with Crippen LogP contribution in [0.3, 0.4) is 0 Å². The highest BCUT2D eigenvalue weighted by molar-refractivity contribution is 5.69. The molecule has 0 bridgehead atoms. The van der Waals surface area contributed by atoms with Crippen LogP contribution < -0.4 is 10.4 Å². The number of nitrogens with zero attached hydrogens (tertiary/aromatic N) is 2. The average molecular weight is 367 g/mol. The van der Waals surface area contributed by atoms with E-state index in [1.807, 2.05) is 0 Å². The summed E-state index contributed by atoms with van der Waals surface area (Å²) in [5, 5.41) is 13.3. The number of benzene rings is 2. The summed E-state index contributed by atoms with van der Waals surface area (Å²) in [5.74, 6) is -0.173. The van der Waals surface area contributed by atoms with E-state index in [0.29, 0.717) is 29.1 Å². The van der Waals surface area contributed by atoms with Crippen LogP contribution in [0.2, 0.25) is 0 Å². The lowest BCUT2D eigenvalue weighted by Gasteiger charge is -2.06. The summed E-state index contributed by atoms with van der Waals surface area (Å²) in [6.07, 6.45) is 0.293. The SMILES string of the molecule is CC(=O)Oc1ccc(Cc2[nH]c(=O)n(-c3ccc(CN=O)cc3)c2O)cc1. The van der Waals surface area contributed by atoms with Gasteiger partial charge in [0.15, 0.2) is 0 Å². The Bertz CT molecular complexity index is 1020. The van der Waals surface area contributed by atoms with Gasteiger partial charge in [-0.05, 0) is 35.4 Å². The number of aromatic nitrogens is 2. The van der Waals surface area contributed by atoms with Crippen molar-refractivity contribution in [1.82, 2.24) is 9.55 Å². The molecule has 0 radical (unpaired) electrons. The first-order chi connectivity index (χ1) is 13.0. The molecule has 1 aromatic heterocycles. The van der Waals surface area contributed by atoms with E-state index < -0.39 is 11.7 Å². The van der Waals surface area contributed by atoms with Gasteiger partial charge in [0.1, 0.15) is 12.3 Å². The molecule has 0 atom stereocenters. The summed E-state index contributed by atoms with van der Waals surface area (Å²) in [6.45, 7) is 1.37. The Kier molecular flexibility index (Phi) is 5.16. The minimum Gasteiger partial charge on any atom is -0.493 e. The van der Waals surface area contributed by atoms with Gasteiger partial charge in [-0.15, -0.1) is 0 Å². The monoisotopic (exact) mass is 367 g/mol. The van der Waals surface area contributed by atoms with Gasteiger partial charge in [0.25, 0.3) is 0 Å². The van der Waals surface area contributed by atoms with Crippen molar-refractivity contribution in [2.75, 3.05) is 0 Å². The van der Waals surface area contributed by atoms with E-state index in [1.165, 1.54) is 6.92 Å². The van der Waals surface area contributed by atoms with Crippen LogP contribution in [0.5, 0.6) is 11.6 Å². The van der Waals surface area contributed by atoms with E-state index in [0.717, 1.165) is 10.1 Å². The van der Waals surface area contributed by atoms with Gasteiger partial charge in [0, 0.05) is 13.3 Å². The Hall–Kier alpha value is -3.68. The molecule has 8 heteroatoms. The Morgan fingerprint density at radius 1 is 1.11 bits per heavy atom. The van der Waals surface area contributed by atoms with Gasteiger partial charge in [-0.1, -0.05) is 29.4 Å². The molecule has 0 amide bonds. The molecule has 2 N–H and O–H groups in total. The zero-order valence-corrected chi connectivity index (χ0v) is 14.5. The van der Waals surface area contributed by atoms with Gasteiger partial charge in [0.2, 0.25) is 5.88 Å². The van der Waals surface area contributed by atoms with Crippen molar-refractivity contribution in [3.05, 3.63) is 80.7 Å². The maximum Gasteiger partial charge on any atom is 0.333 e. The van der Waals surface area contributed by atoms with Crippen molar-refractivity contribution in [1.29, 1.82) is 0 Å². The van der Waals surface area contributed by atoms with Crippen LogP contribution in [0, 0.1) is 4.91 Å². The molecule has 0 aliphatic rings. The summed E-state index contributed by atoms with van der Waals surface area (Å²) < 4.78 is 6.13. The Balaban J connectivity index is 1.84. The van der Waals surface area contributed by atoms with Crippen LogP contribution in [0.15, 0.2) is 58.5 Å². The number of aromatic hydroxyl groups is 1. The third kappa shape index (κ3) is 4.12. The first-order valence-electron chi connectivity index (χ1n) is 8.16. The molecule has 3 aromatic rings. The summed E-state index contributed by atoms with van der Waals surface area (Å²) in [4.78, 5) is 36.2. The fraction of sp³-hybridized carbons (Fsp3) is 0.158. The Morgan fingerprint density at radius 3 is 2.33 bits per heavy atom. The number of H-pyrrole nitrogens is 1. The summed E-state index contributed by atoms with van der Waals surface area (Å²) in [6, 6.07) is 13.4. The number of esters is 1. The fourth-order valence-electron chi connectivity index (χ4n) is 2.71. The number of ether oxygens (including phenoxy) is 1. The van der Waals surface area contributed by atoms with Crippen LogP contribution in [0.25, 0.3) is 5.69 Å². The highest BCUT2D eigenvalue weighted by Gasteiger charge is 2.15. The number of imidazole rings is 1. The largest absolute Gasteiger partial charge is 0.493 e. The molecule has 0 aliphatic carbocycles. The lowest BCUT2D eigenvalue weighted by Crippen LogP contribution is -2.14. The molecular weight excluding hydrogens is 350 g/mol. The van der Waals surface area contributed by atoms with E-state index in [2.05, 4.69) is 10.2 Å². The minimum atomic E-state index is -0.472. The van der Waals surface area contributed by atoms with Crippen LogP contribution in [-0.2, 0) is 17.8 Å². The minimum absolute atomic E-state index is 0.0445. The molecule has 0 fully saturated rings. The number of carbonyl (C=O) groups excluding carboxylic acids is 1. The molecule has 0 spiro atoms. The van der Waals surface area contributed by atoms with Crippen molar-refractivity contribution in [3.63, 3.8) is 0 Å². The zero-order valence-electron chi connectivity index (χ0n) is 14.5. The molecule has 3 rings (SSSR count). The lowest BCUT2D eigenvalue weighted by atomic mass is 10.1. The maximum atomic E-state index is 12.3. The fourth-order valence-corrected chi connectivity index (χ4v) is 2.71. The second-order valence-corrected chi connectivity index (χ2v) is 5.94. The van der Waals surface area contributed by atoms with Gasteiger partial charge in [-0.25, -0.2) is 9.36 Å². The molecule has 0 unspecified atom stereocenters. The average Bonchev–Trinajstić information content (AvgIpc) is 2.91. The van der Waals surface area contributed by atoms with Crippen LogP contribution in [0.4, 0.5) is 0 Å². The van der Waals surface area contributed by atoms with Crippen molar-refractivity contribution in [2.45, 2.75) is 19.9 Å². The molecule has 0 saturated heterocycles. The van der Waals surface area contributed by atoms with Crippen molar-refractivity contribution >= 4 is 5.97 Å². The van der Waals surface area contributed by atoms with Crippen LogP contribution >= 0.6 is 0 Å². The summed E-state index contributed by atoms with van der Waals surface area (Å²) in [5.41, 5.74) is 1.89. The Morgan fingerprint density at radius 2 is 1.74 bits per heavy atom. The van der Waals surface area contributed by atoms with E-state index in [-0.39, 0.29) is 12.4 Å². The molecular formula is C19H17N3O5. The van der Waals surface area contributed by atoms with Gasteiger partial charge >= 0.3 is 11.7 Å². The second kappa shape index (κ2) is 7.69. The van der Waals surface area contributed by atoms with Crippen LogP contribution in [0.1, 0.15) is 23.7 Å². The van der Waals surface area contributed by atoms with Gasteiger partial charge < -0.3 is 14.8 Å². The summed E-state index contributed by atoms with van der Waals surface area (Å²) in [7, 11) is 0. The van der Waals surface area contributed by atoms with Crippen molar-refractivity contribution in [2.24, 2.45) is 5.18 Å². The highest BCUT2D eigenvalue weighted by Crippen LogP contribution is 2.22. The second-order valence-electron chi connectivity index (χ2n) is 5.94. The first kappa shape index (κ1) is 18.1.